The summed E-state index contributed by atoms with van der Waals surface area (Å²) in [6, 6.07) is 9.63. The average Bonchev–Trinajstić information content (AvgIpc) is 2.48. The molecule has 1 N–H and O–H groups in total. The molecular weight excluding hydrogens is 250 g/mol. The third kappa shape index (κ3) is 2.79. The zero-order valence-corrected chi connectivity index (χ0v) is 12.3. The van der Waals surface area contributed by atoms with Crippen LogP contribution >= 0.6 is 0 Å². The molecule has 4 nitrogen and oxygen atoms in total. The van der Waals surface area contributed by atoms with E-state index in [1.807, 2.05) is 51.2 Å². The largest absolute Gasteiger partial charge is 0.373 e. The Balaban J connectivity index is 2.29. The number of hydrogen-bond acceptors (Lipinski definition) is 3. The van der Waals surface area contributed by atoms with Crippen LogP contribution in [0.2, 0.25) is 0 Å². The first kappa shape index (κ1) is 14.1. The van der Waals surface area contributed by atoms with Crippen molar-refractivity contribution in [1.29, 1.82) is 0 Å². The van der Waals surface area contributed by atoms with Crippen LogP contribution in [0.15, 0.2) is 36.5 Å². The van der Waals surface area contributed by atoms with Crippen molar-refractivity contribution < 1.29 is 4.79 Å². The van der Waals surface area contributed by atoms with Crippen molar-refractivity contribution in [3.05, 3.63) is 53.2 Å². The van der Waals surface area contributed by atoms with Gasteiger partial charge in [0.05, 0.1) is 11.9 Å². The summed E-state index contributed by atoms with van der Waals surface area (Å²) < 4.78 is 0. The summed E-state index contributed by atoms with van der Waals surface area (Å²) >= 11 is 0. The molecule has 0 radical (unpaired) electrons. The van der Waals surface area contributed by atoms with E-state index in [0.717, 1.165) is 28.2 Å². The lowest BCUT2D eigenvalue weighted by Crippen LogP contribution is -2.27. The van der Waals surface area contributed by atoms with Gasteiger partial charge in [0, 0.05) is 19.7 Å². The number of amides is 1. The van der Waals surface area contributed by atoms with E-state index in [0.29, 0.717) is 0 Å². The molecule has 4 heteroatoms. The molecule has 20 heavy (non-hydrogen) atoms. The van der Waals surface area contributed by atoms with Crippen LogP contribution in [-0.4, -0.2) is 25.0 Å². The highest BCUT2D eigenvalue weighted by Gasteiger charge is 2.16. The summed E-state index contributed by atoms with van der Waals surface area (Å²) in [5, 5.41) is 2.96. The third-order valence-electron chi connectivity index (χ3n) is 3.32. The lowest BCUT2D eigenvalue weighted by Gasteiger charge is -2.18. The first-order chi connectivity index (χ1) is 9.52. The van der Waals surface area contributed by atoms with Crippen molar-refractivity contribution in [1.82, 2.24) is 4.98 Å². The minimum atomic E-state index is -0.0230. The Bertz CT molecular complexity index is 620. The van der Waals surface area contributed by atoms with Crippen LogP contribution in [0.5, 0.6) is 0 Å². The molecule has 0 fully saturated rings. The molecule has 0 saturated heterocycles. The average molecular weight is 269 g/mol. The smallest absolute Gasteiger partial charge is 0.258 e. The lowest BCUT2D eigenvalue weighted by molar-refractivity contribution is 0.0992. The molecule has 1 heterocycles. The van der Waals surface area contributed by atoms with Gasteiger partial charge in [-0.1, -0.05) is 17.7 Å². The van der Waals surface area contributed by atoms with Crippen LogP contribution in [0.4, 0.5) is 11.5 Å². The quantitative estimate of drug-likeness (QED) is 0.931. The molecule has 2 rings (SSSR count). The van der Waals surface area contributed by atoms with Crippen LogP contribution in [0.1, 0.15) is 21.5 Å². The molecular formula is C16H19N3O. The lowest BCUT2D eigenvalue weighted by atomic mass is 10.0. The third-order valence-corrected chi connectivity index (χ3v) is 3.32. The van der Waals surface area contributed by atoms with E-state index in [9.17, 15) is 4.79 Å². The predicted octanol–water partition coefficient (Wildman–Crippen LogP) is 3.02. The predicted molar refractivity (Wildman–Crippen MR) is 82.4 cm³/mol. The molecule has 0 aliphatic heterocycles. The molecule has 0 spiro atoms. The van der Waals surface area contributed by atoms with Gasteiger partial charge >= 0.3 is 0 Å². The van der Waals surface area contributed by atoms with Crippen molar-refractivity contribution in [2.24, 2.45) is 0 Å². The van der Waals surface area contributed by atoms with Gasteiger partial charge in [-0.05, 0) is 37.6 Å². The summed E-state index contributed by atoms with van der Waals surface area (Å²) in [6.45, 7) is 3.93. The first-order valence-electron chi connectivity index (χ1n) is 6.52. The summed E-state index contributed by atoms with van der Waals surface area (Å²) in [7, 11) is 3.58. The van der Waals surface area contributed by atoms with Crippen LogP contribution in [0, 0.1) is 13.8 Å². The van der Waals surface area contributed by atoms with Gasteiger partial charge in [0.2, 0.25) is 0 Å². The Morgan fingerprint density at radius 3 is 2.55 bits per heavy atom. The monoisotopic (exact) mass is 269 g/mol. The number of aromatic nitrogens is 1. The number of nitrogens with zero attached hydrogens (tertiary/aromatic N) is 2. The van der Waals surface area contributed by atoms with Gasteiger partial charge in [0.25, 0.3) is 5.91 Å². The van der Waals surface area contributed by atoms with E-state index in [-0.39, 0.29) is 5.91 Å². The van der Waals surface area contributed by atoms with Gasteiger partial charge < -0.3 is 10.2 Å². The van der Waals surface area contributed by atoms with E-state index in [4.69, 9.17) is 0 Å². The van der Waals surface area contributed by atoms with Crippen LogP contribution in [0.3, 0.4) is 0 Å². The van der Waals surface area contributed by atoms with Crippen LogP contribution < -0.4 is 10.2 Å². The fraction of sp³-hybridized carbons (Fsp3) is 0.250. The van der Waals surface area contributed by atoms with E-state index >= 15 is 0 Å². The van der Waals surface area contributed by atoms with Gasteiger partial charge in [0.15, 0.2) is 0 Å². The minimum Gasteiger partial charge on any atom is -0.373 e. The molecule has 0 bridgehead atoms. The van der Waals surface area contributed by atoms with Crippen molar-refractivity contribution >= 4 is 17.4 Å². The first-order valence-corrected chi connectivity index (χ1v) is 6.52. The zero-order valence-electron chi connectivity index (χ0n) is 12.3. The van der Waals surface area contributed by atoms with E-state index in [1.54, 1.807) is 18.1 Å². The Kier molecular flexibility index (Phi) is 4.03. The molecule has 0 aliphatic carbocycles. The second-order valence-corrected chi connectivity index (χ2v) is 4.83. The summed E-state index contributed by atoms with van der Waals surface area (Å²) in [5.74, 6) is 0.756. The maximum absolute atomic E-state index is 12.6. The Morgan fingerprint density at radius 1 is 1.20 bits per heavy atom. The number of pyridine rings is 1. The molecule has 0 aliphatic rings. The number of hydrogen-bond donors (Lipinski definition) is 1. The topological polar surface area (TPSA) is 45.2 Å². The number of anilines is 2. The second kappa shape index (κ2) is 5.74. The standard InChI is InChI=1S/C16H19N3O/c1-11-5-6-12(2)14(9-11)16(20)19(4)13-7-8-15(17-3)18-10-13/h5-10H,1-4H3,(H,17,18). The number of carbonyl (C=O) groups excluding carboxylic acids is 1. The van der Waals surface area contributed by atoms with Crippen molar-refractivity contribution in [2.45, 2.75) is 13.8 Å². The Hall–Kier alpha value is -2.36. The maximum Gasteiger partial charge on any atom is 0.258 e. The molecule has 0 saturated carbocycles. The van der Waals surface area contributed by atoms with Gasteiger partial charge in [0.1, 0.15) is 5.82 Å². The summed E-state index contributed by atoms with van der Waals surface area (Å²) in [4.78, 5) is 18.4. The number of aryl methyl sites for hydroxylation is 2. The molecule has 1 aromatic heterocycles. The molecule has 2 aromatic rings. The Morgan fingerprint density at radius 2 is 1.95 bits per heavy atom. The Labute approximate surface area is 119 Å². The normalized spacial score (nSPS) is 10.2. The van der Waals surface area contributed by atoms with E-state index in [2.05, 4.69) is 10.3 Å². The van der Waals surface area contributed by atoms with Crippen molar-refractivity contribution in [2.75, 3.05) is 24.3 Å². The van der Waals surface area contributed by atoms with E-state index in [1.165, 1.54) is 0 Å². The molecule has 104 valence electrons. The molecule has 1 aromatic carbocycles. The van der Waals surface area contributed by atoms with Crippen LogP contribution in [-0.2, 0) is 0 Å². The van der Waals surface area contributed by atoms with Crippen LogP contribution in [0.25, 0.3) is 0 Å². The number of carbonyl (C=O) groups is 1. The fourth-order valence-electron chi connectivity index (χ4n) is 2.00. The number of nitrogens with one attached hydrogen (secondary N) is 1. The zero-order chi connectivity index (χ0) is 14.7. The molecule has 1 amide bonds. The highest BCUT2D eigenvalue weighted by atomic mass is 16.2. The van der Waals surface area contributed by atoms with Gasteiger partial charge in [-0.15, -0.1) is 0 Å². The fourth-order valence-corrected chi connectivity index (χ4v) is 2.00. The van der Waals surface area contributed by atoms with Crippen molar-refractivity contribution in [3.8, 4) is 0 Å². The number of rotatable bonds is 3. The maximum atomic E-state index is 12.6. The number of benzene rings is 1. The van der Waals surface area contributed by atoms with Gasteiger partial charge in [-0.3, -0.25) is 4.79 Å². The summed E-state index contributed by atoms with van der Waals surface area (Å²) in [5.41, 5.74) is 3.56. The van der Waals surface area contributed by atoms with Gasteiger partial charge in [-0.2, -0.15) is 0 Å². The molecule has 0 unspecified atom stereocenters. The van der Waals surface area contributed by atoms with E-state index < -0.39 is 0 Å². The van der Waals surface area contributed by atoms with Crippen molar-refractivity contribution in [3.63, 3.8) is 0 Å². The molecule has 0 atom stereocenters. The second-order valence-electron chi connectivity index (χ2n) is 4.83. The van der Waals surface area contributed by atoms with Gasteiger partial charge in [-0.25, -0.2) is 4.98 Å². The highest BCUT2D eigenvalue weighted by Crippen LogP contribution is 2.18. The SMILES string of the molecule is CNc1ccc(N(C)C(=O)c2cc(C)ccc2C)cn1. The summed E-state index contributed by atoms with van der Waals surface area (Å²) in [6.07, 6.45) is 1.69. The minimum absolute atomic E-state index is 0.0230. The highest BCUT2D eigenvalue weighted by molar-refractivity contribution is 6.06.